The van der Waals surface area contributed by atoms with E-state index in [0.29, 0.717) is 18.0 Å². The van der Waals surface area contributed by atoms with E-state index in [0.717, 1.165) is 11.3 Å². The Morgan fingerprint density at radius 2 is 1.65 bits per heavy atom. The van der Waals surface area contributed by atoms with Gasteiger partial charge in [-0.15, -0.1) is 0 Å². The molecule has 0 unspecified atom stereocenters. The first-order valence-corrected chi connectivity index (χ1v) is 8.08. The van der Waals surface area contributed by atoms with Crippen LogP contribution in [0.2, 0.25) is 0 Å². The van der Waals surface area contributed by atoms with Crippen LogP contribution in [0.1, 0.15) is 43.6 Å². The van der Waals surface area contributed by atoms with Crippen molar-refractivity contribution >= 4 is 29.4 Å². The molecule has 0 spiro atoms. The number of hydroxylamine groups is 2. The topological polar surface area (TPSA) is 84.0 Å². The number of nitrogens with zero attached hydrogens (tertiary/aromatic N) is 2. The molecule has 0 radical (unpaired) electrons. The minimum absolute atomic E-state index is 0.0647. The standard InChI is InChI=1S/C19H14N2O5/c1-11(22)20-9-8-12-10-13(6-7-16(12)20)19(25)26-21-17(23)14-4-2-3-5-15(14)18(21)24/h2-7,10H,8-9H2,1H3. The summed E-state index contributed by atoms with van der Waals surface area (Å²) in [7, 11) is 0. The van der Waals surface area contributed by atoms with Crippen molar-refractivity contribution in [2.45, 2.75) is 13.3 Å². The van der Waals surface area contributed by atoms with Gasteiger partial charge in [-0.3, -0.25) is 14.4 Å². The van der Waals surface area contributed by atoms with E-state index in [2.05, 4.69) is 0 Å². The Morgan fingerprint density at radius 3 is 2.27 bits per heavy atom. The van der Waals surface area contributed by atoms with E-state index in [9.17, 15) is 19.2 Å². The average Bonchev–Trinajstić information content (AvgIpc) is 3.17. The molecule has 7 nitrogen and oxygen atoms in total. The lowest BCUT2D eigenvalue weighted by molar-refractivity contribution is -0.116. The summed E-state index contributed by atoms with van der Waals surface area (Å²) in [5, 5.41) is 0.488. The highest BCUT2D eigenvalue weighted by Gasteiger charge is 2.39. The quantitative estimate of drug-likeness (QED) is 0.773. The molecular weight excluding hydrogens is 336 g/mol. The summed E-state index contributed by atoms with van der Waals surface area (Å²) >= 11 is 0. The Labute approximate surface area is 148 Å². The van der Waals surface area contributed by atoms with E-state index in [1.165, 1.54) is 25.1 Å². The van der Waals surface area contributed by atoms with Gasteiger partial charge in [0.25, 0.3) is 11.8 Å². The minimum Gasteiger partial charge on any atom is -0.324 e. The lowest BCUT2D eigenvalue weighted by atomic mass is 10.1. The highest BCUT2D eigenvalue weighted by atomic mass is 16.7. The van der Waals surface area contributed by atoms with Crippen molar-refractivity contribution in [1.82, 2.24) is 5.06 Å². The molecule has 0 aliphatic carbocycles. The summed E-state index contributed by atoms with van der Waals surface area (Å²) in [4.78, 5) is 55.2. The number of carbonyl (C=O) groups excluding carboxylic acids is 4. The fourth-order valence-corrected chi connectivity index (χ4v) is 3.24. The maximum Gasteiger partial charge on any atom is 0.363 e. The van der Waals surface area contributed by atoms with Gasteiger partial charge in [0.1, 0.15) is 0 Å². The minimum atomic E-state index is -0.802. The molecule has 0 fully saturated rings. The van der Waals surface area contributed by atoms with E-state index < -0.39 is 17.8 Å². The van der Waals surface area contributed by atoms with Crippen molar-refractivity contribution in [2.75, 3.05) is 11.4 Å². The van der Waals surface area contributed by atoms with Gasteiger partial charge in [0.2, 0.25) is 5.91 Å². The molecule has 0 bridgehead atoms. The maximum atomic E-state index is 12.4. The summed E-state index contributed by atoms with van der Waals surface area (Å²) in [6.07, 6.45) is 0.628. The van der Waals surface area contributed by atoms with Crippen LogP contribution in [0.25, 0.3) is 0 Å². The van der Waals surface area contributed by atoms with Crippen LogP contribution in [0.5, 0.6) is 0 Å². The molecule has 2 heterocycles. The molecule has 3 amide bonds. The van der Waals surface area contributed by atoms with E-state index >= 15 is 0 Å². The smallest absolute Gasteiger partial charge is 0.324 e. The largest absolute Gasteiger partial charge is 0.363 e. The highest BCUT2D eigenvalue weighted by molar-refractivity contribution is 6.21. The van der Waals surface area contributed by atoms with Gasteiger partial charge < -0.3 is 9.74 Å². The van der Waals surface area contributed by atoms with Gasteiger partial charge in [0.15, 0.2) is 0 Å². The van der Waals surface area contributed by atoms with E-state index in [-0.39, 0.29) is 22.6 Å². The van der Waals surface area contributed by atoms with Crippen molar-refractivity contribution in [1.29, 1.82) is 0 Å². The molecule has 2 aromatic carbocycles. The van der Waals surface area contributed by atoms with Gasteiger partial charge in [0.05, 0.1) is 16.7 Å². The predicted octanol–water partition coefficient (Wildman–Crippen LogP) is 1.96. The average molecular weight is 350 g/mol. The third kappa shape index (κ3) is 2.36. The lowest BCUT2D eigenvalue weighted by Gasteiger charge is -2.15. The van der Waals surface area contributed by atoms with Crippen molar-refractivity contribution in [3.8, 4) is 0 Å². The fraction of sp³-hybridized carbons (Fsp3) is 0.158. The number of imide groups is 1. The number of rotatable bonds is 2. The van der Waals surface area contributed by atoms with Gasteiger partial charge in [0, 0.05) is 19.2 Å². The molecule has 2 aliphatic heterocycles. The first kappa shape index (κ1) is 16.0. The van der Waals surface area contributed by atoms with E-state index in [1.807, 2.05) is 0 Å². The first-order chi connectivity index (χ1) is 12.5. The van der Waals surface area contributed by atoms with Crippen molar-refractivity contribution in [2.24, 2.45) is 0 Å². The molecule has 0 saturated carbocycles. The number of amides is 3. The van der Waals surface area contributed by atoms with Crippen LogP contribution in [-0.2, 0) is 16.1 Å². The van der Waals surface area contributed by atoms with Crippen LogP contribution in [0.3, 0.4) is 0 Å². The van der Waals surface area contributed by atoms with Crippen LogP contribution in [0, 0.1) is 0 Å². The molecule has 4 rings (SSSR count). The highest BCUT2D eigenvalue weighted by Crippen LogP contribution is 2.30. The van der Waals surface area contributed by atoms with Gasteiger partial charge >= 0.3 is 5.97 Å². The predicted molar refractivity (Wildman–Crippen MR) is 90.5 cm³/mol. The number of fused-ring (bicyclic) bond motifs is 2. The summed E-state index contributed by atoms with van der Waals surface area (Å²) in [6.45, 7) is 2.04. The number of hydrogen-bond donors (Lipinski definition) is 0. The van der Waals surface area contributed by atoms with Crippen LogP contribution in [0.15, 0.2) is 42.5 Å². The van der Waals surface area contributed by atoms with Crippen molar-refractivity contribution in [3.05, 3.63) is 64.7 Å². The molecule has 2 aliphatic rings. The zero-order valence-electron chi connectivity index (χ0n) is 13.9. The molecule has 130 valence electrons. The second-order valence-corrected chi connectivity index (χ2v) is 6.09. The zero-order valence-corrected chi connectivity index (χ0v) is 13.9. The fourth-order valence-electron chi connectivity index (χ4n) is 3.24. The number of carbonyl (C=O) groups is 4. The van der Waals surface area contributed by atoms with Crippen LogP contribution >= 0.6 is 0 Å². The Kier molecular flexibility index (Phi) is 3.57. The lowest BCUT2D eigenvalue weighted by Crippen LogP contribution is -2.32. The summed E-state index contributed by atoms with van der Waals surface area (Å²) in [6, 6.07) is 11.1. The van der Waals surface area contributed by atoms with Gasteiger partial charge in [-0.25, -0.2) is 4.79 Å². The van der Waals surface area contributed by atoms with Crippen LogP contribution in [-0.4, -0.2) is 35.3 Å². The Balaban J connectivity index is 1.56. The second kappa shape index (κ2) is 5.80. The number of benzene rings is 2. The summed E-state index contributed by atoms with van der Waals surface area (Å²) in [5.74, 6) is -2.19. The number of anilines is 1. The van der Waals surface area contributed by atoms with Gasteiger partial charge in [-0.2, -0.15) is 0 Å². The molecular formula is C19H14N2O5. The molecule has 0 atom stereocenters. The van der Waals surface area contributed by atoms with Crippen molar-refractivity contribution < 1.29 is 24.0 Å². The second-order valence-electron chi connectivity index (χ2n) is 6.09. The Bertz CT molecular complexity index is 947. The normalized spacial score (nSPS) is 15.1. The van der Waals surface area contributed by atoms with Crippen LogP contribution < -0.4 is 4.90 Å². The molecule has 26 heavy (non-hydrogen) atoms. The third-order valence-corrected chi connectivity index (χ3v) is 4.52. The SMILES string of the molecule is CC(=O)N1CCc2cc(C(=O)ON3C(=O)c4ccccc4C3=O)ccc21. The Morgan fingerprint density at radius 1 is 1.00 bits per heavy atom. The number of hydrogen-bond acceptors (Lipinski definition) is 5. The molecule has 2 aromatic rings. The Hall–Kier alpha value is -3.48. The van der Waals surface area contributed by atoms with Gasteiger partial charge in [-0.05, 0) is 42.3 Å². The van der Waals surface area contributed by atoms with Crippen LogP contribution in [0.4, 0.5) is 5.69 Å². The molecule has 0 N–H and O–H groups in total. The molecule has 0 aromatic heterocycles. The van der Waals surface area contributed by atoms with Crippen molar-refractivity contribution in [3.63, 3.8) is 0 Å². The van der Waals surface area contributed by atoms with Gasteiger partial charge in [-0.1, -0.05) is 17.2 Å². The molecule has 0 saturated heterocycles. The van der Waals surface area contributed by atoms with E-state index in [1.54, 1.807) is 29.2 Å². The zero-order chi connectivity index (χ0) is 18.4. The first-order valence-electron chi connectivity index (χ1n) is 8.08. The maximum absolute atomic E-state index is 12.4. The summed E-state index contributed by atoms with van der Waals surface area (Å²) < 4.78 is 0. The van der Waals surface area contributed by atoms with E-state index in [4.69, 9.17) is 4.84 Å². The molecule has 7 heteroatoms. The third-order valence-electron chi connectivity index (χ3n) is 4.52. The monoisotopic (exact) mass is 350 g/mol. The summed E-state index contributed by atoms with van der Waals surface area (Å²) in [5.41, 5.74) is 2.23.